The first-order chi connectivity index (χ1) is 9.61. The van der Waals surface area contributed by atoms with E-state index in [1.807, 2.05) is 0 Å². The summed E-state index contributed by atoms with van der Waals surface area (Å²) in [7, 11) is 0. The van der Waals surface area contributed by atoms with Crippen LogP contribution in [0.3, 0.4) is 0 Å². The summed E-state index contributed by atoms with van der Waals surface area (Å²) in [5, 5.41) is 8.99. The Hall–Kier alpha value is -2.87. The van der Waals surface area contributed by atoms with Gasteiger partial charge in [-0.1, -0.05) is 6.07 Å². The van der Waals surface area contributed by atoms with Crippen LogP contribution in [-0.2, 0) is 0 Å². The maximum Gasteiger partial charge on any atom is 0.205 e. The van der Waals surface area contributed by atoms with Gasteiger partial charge in [0.15, 0.2) is 0 Å². The highest BCUT2D eigenvalue weighted by Gasteiger charge is 2.14. The summed E-state index contributed by atoms with van der Waals surface area (Å²) in [5.41, 5.74) is 8.92. The maximum atomic E-state index is 13.7. The fourth-order valence-electron chi connectivity index (χ4n) is 2.25. The second kappa shape index (κ2) is 4.35. The molecule has 0 bridgehead atoms. The number of nitrogens with two attached hydrogens (primary N) is 1. The molecule has 4 nitrogen and oxygen atoms in total. The number of rotatable bonds is 1. The summed E-state index contributed by atoms with van der Waals surface area (Å²) in [6, 6.07) is 12.0. The molecule has 0 atom stereocenters. The van der Waals surface area contributed by atoms with Gasteiger partial charge in [0.2, 0.25) is 5.95 Å². The van der Waals surface area contributed by atoms with Gasteiger partial charge < -0.3 is 5.73 Å². The molecule has 0 aliphatic heterocycles. The molecule has 98 valence electrons. The van der Waals surface area contributed by atoms with Gasteiger partial charge in [0.1, 0.15) is 5.82 Å². The highest BCUT2D eigenvalue weighted by molar-refractivity contribution is 5.82. The van der Waals surface area contributed by atoms with Crippen LogP contribution in [0.25, 0.3) is 16.7 Å². The quantitative estimate of drug-likeness (QED) is 0.736. The molecular formula is C15H11FN4. The first-order valence-electron chi connectivity index (χ1n) is 6.05. The van der Waals surface area contributed by atoms with Gasteiger partial charge in [-0.2, -0.15) is 5.26 Å². The maximum absolute atomic E-state index is 13.7. The molecule has 0 aliphatic carbocycles. The molecule has 0 unspecified atom stereocenters. The molecule has 3 aromatic rings. The molecule has 0 aliphatic rings. The van der Waals surface area contributed by atoms with Gasteiger partial charge in [0.05, 0.1) is 28.4 Å². The average Bonchev–Trinajstić information content (AvgIpc) is 2.77. The van der Waals surface area contributed by atoms with Gasteiger partial charge in [-0.05, 0) is 37.3 Å². The van der Waals surface area contributed by atoms with Crippen molar-refractivity contribution in [3.63, 3.8) is 0 Å². The number of anilines is 1. The van der Waals surface area contributed by atoms with Gasteiger partial charge in [-0.3, -0.25) is 4.57 Å². The molecule has 1 aromatic heterocycles. The number of hydrogen-bond acceptors (Lipinski definition) is 3. The molecule has 0 spiro atoms. The number of nitrogens with zero attached hydrogens (tertiary/aromatic N) is 3. The van der Waals surface area contributed by atoms with E-state index in [0.29, 0.717) is 27.8 Å². The number of nitriles is 1. The van der Waals surface area contributed by atoms with Gasteiger partial charge in [0.25, 0.3) is 0 Å². The van der Waals surface area contributed by atoms with Crippen LogP contribution >= 0.6 is 0 Å². The fourth-order valence-corrected chi connectivity index (χ4v) is 2.25. The Balaban J connectivity index is 2.38. The number of hydrogen-bond donors (Lipinski definition) is 1. The molecule has 2 N–H and O–H groups in total. The summed E-state index contributed by atoms with van der Waals surface area (Å²) >= 11 is 0. The van der Waals surface area contributed by atoms with Crippen molar-refractivity contribution in [2.24, 2.45) is 0 Å². The summed E-state index contributed by atoms with van der Waals surface area (Å²) < 4.78 is 15.4. The largest absolute Gasteiger partial charge is 0.369 e. The topological polar surface area (TPSA) is 67.6 Å². The van der Waals surface area contributed by atoms with Crippen LogP contribution < -0.4 is 5.73 Å². The Morgan fingerprint density at radius 1 is 1.30 bits per heavy atom. The van der Waals surface area contributed by atoms with Crippen LogP contribution in [0.4, 0.5) is 10.3 Å². The van der Waals surface area contributed by atoms with Crippen molar-refractivity contribution in [1.82, 2.24) is 9.55 Å². The smallest absolute Gasteiger partial charge is 0.205 e. The Kier molecular flexibility index (Phi) is 2.65. The molecule has 0 saturated carbocycles. The van der Waals surface area contributed by atoms with Gasteiger partial charge in [-0.15, -0.1) is 0 Å². The summed E-state index contributed by atoms with van der Waals surface area (Å²) in [6.07, 6.45) is 0. The summed E-state index contributed by atoms with van der Waals surface area (Å²) in [5.74, 6) is -0.0380. The minimum absolute atomic E-state index is 0.267. The zero-order chi connectivity index (χ0) is 14.3. The molecule has 20 heavy (non-hydrogen) atoms. The van der Waals surface area contributed by atoms with Gasteiger partial charge >= 0.3 is 0 Å². The number of benzene rings is 2. The number of aromatic nitrogens is 2. The second-order valence-electron chi connectivity index (χ2n) is 4.50. The van der Waals surface area contributed by atoms with Crippen LogP contribution in [0.5, 0.6) is 0 Å². The predicted molar refractivity (Wildman–Crippen MR) is 74.9 cm³/mol. The highest BCUT2D eigenvalue weighted by Crippen LogP contribution is 2.26. The van der Waals surface area contributed by atoms with Crippen molar-refractivity contribution in [2.75, 3.05) is 5.73 Å². The van der Waals surface area contributed by atoms with E-state index in [2.05, 4.69) is 11.1 Å². The van der Waals surface area contributed by atoms with E-state index in [-0.39, 0.29) is 11.8 Å². The zero-order valence-corrected chi connectivity index (χ0v) is 10.8. The van der Waals surface area contributed by atoms with Crippen LogP contribution in [0.15, 0.2) is 36.4 Å². The lowest BCUT2D eigenvalue weighted by atomic mass is 10.1. The van der Waals surface area contributed by atoms with Crippen LogP contribution in [0.2, 0.25) is 0 Å². The van der Waals surface area contributed by atoms with Gasteiger partial charge in [-0.25, -0.2) is 9.37 Å². The summed E-state index contributed by atoms with van der Waals surface area (Å²) in [6.45, 7) is 1.68. The van der Waals surface area contributed by atoms with Crippen molar-refractivity contribution in [3.8, 4) is 11.8 Å². The monoisotopic (exact) mass is 266 g/mol. The Labute approximate surface area is 114 Å². The SMILES string of the molecule is Cc1c(F)cccc1-n1c(N)nc2ccc(C#N)cc21. The minimum Gasteiger partial charge on any atom is -0.369 e. The first-order valence-corrected chi connectivity index (χ1v) is 6.05. The normalized spacial score (nSPS) is 10.7. The van der Waals surface area contributed by atoms with E-state index in [4.69, 9.17) is 11.0 Å². The molecule has 0 amide bonds. The van der Waals surface area contributed by atoms with Crippen molar-refractivity contribution >= 4 is 17.0 Å². The van der Waals surface area contributed by atoms with Gasteiger partial charge in [0, 0.05) is 5.56 Å². The Morgan fingerprint density at radius 3 is 2.85 bits per heavy atom. The zero-order valence-electron chi connectivity index (χ0n) is 10.8. The van der Waals surface area contributed by atoms with E-state index in [0.717, 1.165) is 0 Å². The number of nitrogen functional groups attached to an aromatic ring is 1. The predicted octanol–water partition coefficient (Wildman–Crippen LogP) is 2.93. The van der Waals surface area contributed by atoms with Crippen LogP contribution in [0.1, 0.15) is 11.1 Å². The molecule has 3 rings (SSSR count). The molecule has 0 saturated heterocycles. The lowest BCUT2D eigenvalue weighted by molar-refractivity contribution is 0.617. The molecular weight excluding hydrogens is 255 g/mol. The van der Waals surface area contributed by atoms with Crippen LogP contribution in [-0.4, -0.2) is 9.55 Å². The highest BCUT2D eigenvalue weighted by atomic mass is 19.1. The third-order valence-corrected chi connectivity index (χ3v) is 3.29. The van der Waals surface area contributed by atoms with E-state index in [1.54, 1.807) is 41.8 Å². The van der Waals surface area contributed by atoms with Crippen molar-refractivity contribution < 1.29 is 4.39 Å². The first kappa shape index (κ1) is 12.2. The van der Waals surface area contributed by atoms with Crippen molar-refractivity contribution in [1.29, 1.82) is 5.26 Å². The number of halogens is 1. The van der Waals surface area contributed by atoms with Crippen molar-refractivity contribution in [3.05, 3.63) is 53.3 Å². The van der Waals surface area contributed by atoms with E-state index in [1.165, 1.54) is 6.07 Å². The van der Waals surface area contributed by atoms with E-state index >= 15 is 0 Å². The number of imidazole rings is 1. The lowest BCUT2D eigenvalue weighted by Crippen LogP contribution is -2.03. The van der Waals surface area contributed by atoms with Crippen molar-refractivity contribution in [2.45, 2.75) is 6.92 Å². The fraction of sp³-hybridized carbons (Fsp3) is 0.0667. The Bertz CT molecular complexity index is 858. The van der Waals surface area contributed by atoms with E-state index in [9.17, 15) is 4.39 Å². The third-order valence-electron chi connectivity index (χ3n) is 3.29. The molecule has 2 aromatic carbocycles. The Morgan fingerprint density at radius 2 is 2.10 bits per heavy atom. The third kappa shape index (κ3) is 1.70. The molecule has 0 fully saturated rings. The summed E-state index contributed by atoms with van der Waals surface area (Å²) in [4.78, 5) is 4.24. The van der Waals surface area contributed by atoms with E-state index < -0.39 is 0 Å². The number of fused-ring (bicyclic) bond motifs is 1. The van der Waals surface area contributed by atoms with Crippen LogP contribution in [0, 0.1) is 24.1 Å². The minimum atomic E-state index is -0.305. The second-order valence-corrected chi connectivity index (χ2v) is 4.50. The standard InChI is InChI=1S/C15H11FN4/c1-9-11(16)3-2-4-13(9)20-14-7-10(8-17)5-6-12(14)19-15(20)18/h2-7H,1H3,(H2,18,19). The molecule has 5 heteroatoms. The lowest BCUT2D eigenvalue weighted by Gasteiger charge is -2.10. The molecule has 0 radical (unpaired) electrons. The average molecular weight is 266 g/mol. The molecule has 1 heterocycles.